The van der Waals surface area contributed by atoms with Crippen LogP contribution >= 0.6 is 0 Å². The molecule has 1 aromatic rings. The van der Waals surface area contributed by atoms with Crippen LogP contribution in [-0.2, 0) is 0 Å². The first kappa shape index (κ1) is 14.9. The maximum Gasteiger partial charge on any atom is 0.0661 e. The van der Waals surface area contributed by atoms with Gasteiger partial charge < -0.3 is 0 Å². The largest absolute Gasteiger partial charge is 0.296 e. The number of aryl methyl sites for hydroxylation is 1. The van der Waals surface area contributed by atoms with Crippen LogP contribution in [0.3, 0.4) is 0 Å². The maximum absolute atomic E-state index is 6.04. The summed E-state index contributed by atoms with van der Waals surface area (Å²) in [6.45, 7) is 4.61. The molecule has 2 heterocycles. The Balaban J connectivity index is 1.96. The first-order valence-electron chi connectivity index (χ1n) is 8.39. The molecule has 0 amide bonds. The third-order valence-corrected chi connectivity index (χ3v) is 5.55. The van der Waals surface area contributed by atoms with E-state index in [1.54, 1.807) is 0 Å². The van der Waals surface area contributed by atoms with Crippen molar-refractivity contribution in [3.8, 4) is 0 Å². The fourth-order valence-corrected chi connectivity index (χ4v) is 4.43. The van der Waals surface area contributed by atoms with Gasteiger partial charge in [-0.3, -0.25) is 21.2 Å². The van der Waals surface area contributed by atoms with Crippen molar-refractivity contribution in [1.29, 1.82) is 0 Å². The van der Waals surface area contributed by atoms with Crippen molar-refractivity contribution in [1.82, 2.24) is 15.3 Å². The van der Waals surface area contributed by atoms with E-state index in [4.69, 9.17) is 5.84 Å². The molecule has 21 heavy (non-hydrogen) atoms. The summed E-state index contributed by atoms with van der Waals surface area (Å²) in [4.78, 5) is 7.07. The monoisotopic (exact) mass is 288 g/mol. The van der Waals surface area contributed by atoms with Crippen molar-refractivity contribution < 1.29 is 0 Å². The summed E-state index contributed by atoms with van der Waals surface area (Å²) in [6.07, 6.45) is 13.0. The van der Waals surface area contributed by atoms with Gasteiger partial charge in [-0.15, -0.1) is 0 Å². The van der Waals surface area contributed by atoms with Gasteiger partial charge in [0.15, 0.2) is 0 Å². The molecule has 0 aromatic carbocycles. The van der Waals surface area contributed by atoms with Crippen LogP contribution in [0.5, 0.6) is 0 Å². The lowest BCUT2D eigenvalue weighted by Gasteiger charge is -2.48. The molecule has 3 N–H and O–H groups in total. The van der Waals surface area contributed by atoms with E-state index >= 15 is 0 Å². The zero-order valence-electron chi connectivity index (χ0n) is 13.1. The van der Waals surface area contributed by atoms with Gasteiger partial charge in [0.05, 0.1) is 6.04 Å². The number of hydrogen-bond donors (Lipinski definition) is 2. The lowest BCUT2D eigenvalue weighted by atomic mass is 9.80. The highest BCUT2D eigenvalue weighted by molar-refractivity contribution is 5.29. The Hall–Kier alpha value is -0.970. The summed E-state index contributed by atoms with van der Waals surface area (Å²) >= 11 is 0. The Kier molecular flexibility index (Phi) is 4.57. The van der Waals surface area contributed by atoms with Crippen LogP contribution < -0.4 is 11.3 Å². The zero-order chi connectivity index (χ0) is 14.7. The fourth-order valence-electron chi connectivity index (χ4n) is 4.43. The standard InChI is InChI=1S/C17H28N4/c1-14-7-10-19-13-15(14)16(20-18)17(8-3-4-9-17)21-11-5-2-6-12-21/h7,10,13,16,20H,2-6,8-9,11-12,18H2,1H3. The highest BCUT2D eigenvalue weighted by Gasteiger charge is 2.46. The van der Waals surface area contributed by atoms with E-state index in [1.165, 1.54) is 69.2 Å². The molecule has 1 saturated carbocycles. The molecule has 0 bridgehead atoms. The molecular weight excluding hydrogens is 260 g/mol. The number of hydrogen-bond acceptors (Lipinski definition) is 4. The van der Waals surface area contributed by atoms with Crippen molar-refractivity contribution in [2.75, 3.05) is 13.1 Å². The Morgan fingerprint density at radius 2 is 1.90 bits per heavy atom. The molecule has 1 aliphatic heterocycles. The van der Waals surface area contributed by atoms with Gasteiger partial charge in [-0.25, -0.2) is 0 Å². The second-order valence-electron chi connectivity index (χ2n) is 6.69. The van der Waals surface area contributed by atoms with Crippen molar-refractivity contribution in [2.24, 2.45) is 5.84 Å². The SMILES string of the molecule is Cc1ccncc1C(NN)C1(N2CCCCC2)CCCC1. The van der Waals surface area contributed by atoms with Gasteiger partial charge in [0.1, 0.15) is 0 Å². The number of nitrogens with zero attached hydrogens (tertiary/aromatic N) is 2. The summed E-state index contributed by atoms with van der Waals surface area (Å²) in [5.74, 6) is 6.04. The second-order valence-corrected chi connectivity index (χ2v) is 6.69. The van der Waals surface area contributed by atoms with Gasteiger partial charge in [0.25, 0.3) is 0 Å². The Morgan fingerprint density at radius 1 is 1.19 bits per heavy atom. The lowest BCUT2D eigenvalue weighted by molar-refractivity contribution is 0.0357. The third kappa shape index (κ3) is 2.72. The van der Waals surface area contributed by atoms with Crippen molar-refractivity contribution >= 4 is 0 Å². The summed E-state index contributed by atoms with van der Waals surface area (Å²) < 4.78 is 0. The number of nitrogens with two attached hydrogens (primary N) is 1. The minimum atomic E-state index is 0.183. The quantitative estimate of drug-likeness (QED) is 0.661. The second kappa shape index (κ2) is 6.42. The van der Waals surface area contributed by atoms with E-state index < -0.39 is 0 Å². The van der Waals surface area contributed by atoms with Gasteiger partial charge in [0, 0.05) is 17.9 Å². The van der Waals surface area contributed by atoms with E-state index in [2.05, 4.69) is 28.3 Å². The zero-order valence-corrected chi connectivity index (χ0v) is 13.1. The predicted molar refractivity (Wildman–Crippen MR) is 85.7 cm³/mol. The number of hydrazine groups is 1. The first-order chi connectivity index (χ1) is 10.3. The van der Waals surface area contributed by atoms with Gasteiger partial charge in [0.2, 0.25) is 0 Å². The molecule has 2 aliphatic rings. The van der Waals surface area contributed by atoms with Crippen molar-refractivity contribution in [3.63, 3.8) is 0 Å². The summed E-state index contributed by atoms with van der Waals surface area (Å²) in [7, 11) is 0. The van der Waals surface area contributed by atoms with E-state index in [0.717, 1.165) is 0 Å². The predicted octanol–water partition coefficient (Wildman–Crippen LogP) is 2.69. The molecule has 4 heteroatoms. The minimum Gasteiger partial charge on any atom is -0.296 e. The first-order valence-corrected chi connectivity index (χ1v) is 8.39. The van der Waals surface area contributed by atoms with E-state index in [1.807, 2.05) is 12.4 Å². The molecule has 3 rings (SSSR count). The highest BCUT2D eigenvalue weighted by atomic mass is 15.3. The maximum atomic E-state index is 6.04. The van der Waals surface area contributed by atoms with Crippen LogP contribution in [0.15, 0.2) is 18.5 Å². The topological polar surface area (TPSA) is 54.2 Å². The highest BCUT2D eigenvalue weighted by Crippen LogP contribution is 2.45. The molecule has 1 aromatic heterocycles. The van der Waals surface area contributed by atoms with E-state index in [-0.39, 0.29) is 11.6 Å². The van der Waals surface area contributed by atoms with Crippen molar-refractivity contribution in [3.05, 3.63) is 29.6 Å². The molecule has 4 nitrogen and oxygen atoms in total. The van der Waals surface area contributed by atoms with E-state index in [9.17, 15) is 0 Å². The number of nitrogens with one attached hydrogen (secondary N) is 1. The third-order valence-electron chi connectivity index (χ3n) is 5.55. The number of likely N-dealkylation sites (tertiary alicyclic amines) is 1. The molecule has 116 valence electrons. The molecular formula is C17H28N4. The molecule has 1 unspecified atom stereocenters. The summed E-state index contributed by atoms with van der Waals surface area (Å²) in [5, 5.41) is 0. The number of aromatic nitrogens is 1. The van der Waals surface area contributed by atoms with Crippen LogP contribution in [0.25, 0.3) is 0 Å². The Morgan fingerprint density at radius 3 is 2.52 bits per heavy atom. The summed E-state index contributed by atoms with van der Waals surface area (Å²) in [5.41, 5.74) is 5.90. The van der Waals surface area contributed by atoms with Crippen LogP contribution in [0, 0.1) is 6.92 Å². The number of pyridine rings is 1. The molecule has 1 atom stereocenters. The van der Waals surface area contributed by atoms with Crippen LogP contribution in [-0.4, -0.2) is 28.5 Å². The van der Waals surface area contributed by atoms with Gasteiger partial charge >= 0.3 is 0 Å². The van der Waals surface area contributed by atoms with E-state index in [0.29, 0.717) is 0 Å². The molecule has 1 aliphatic carbocycles. The smallest absolute Gasteiger partial charge is 0.0661 e. The molecule has 2 fully saturated rings. The normalized spacial score (nSPS) is 24.1. The molecule has 0 radical (unpaired) electrons. The van der Waals surface area contributed by atoms with Gasteiger partial charge in [-0.05, 0) is 62.9 Å². The molecule has 0 spiro atoms. The number of rotatable bonds is 4. The summed E-state index contributed by atoms with van der Waals surface area (Å²) in [6, 6.07) is 2.28. The van der Waals surface area contributed by atoms with Crippen LogP contribution in [0.2, 0.25) is 0 Å². The number of piperidine rings is 1. The minimum absolute atomic E-state index is 0.183. The van der Waals surface area contributed by atoms with Gasteiger partial charge in [-0.2, -0.15) is 0 Å². The average Bonchev–Trinajstić information content (AvgIpc) is 3.01. The molecule has 1 saturated heterocycles. The average molecular weight is 288 g/mol. The van der Waals surface area contributed by atoms with Gasteiger partial charge in [-0.1, -0.05) is 19.3 Å². The van der Waals surface area contributed by atoms with Crippen LogP contribution in [0.4, 0.5) is 0 Å². The van der Waals surface area contributed by atoms with Crippen molar-refractivity contribution in [2.45, 2.75) is 63.5 Å². The van der Waals surface area contributed by atoms with Crippen LogP contribution in [0.1, 0.15) is 62.1 Å². The lowest BCUT2D eigenvalue weighted by Crippen LogP contribution is -2.57. The Labute approximate surface area is 128 Å². The Bertz CT molecular complexity index is 462. The fraction of sp³-hybridized carbons (Fsp3) is 0.706.